The second-order valence-corrected chi connectivity index (χ2v) is 4.59. The van der Waals surface area contributed by atoms with E-state index in [0.717, 1.165) is 30.9 Å². The average Bonchev–Trinajstić information content (AvgIpc) is 2.83. The molecule has 1 atom stereocenters. The Bertz CT molecular complexity index is 407. The summed E-state index contributed by atoms with van der Waals surface area (Å²) in [5.74, 6) is 0.217. The fourth-order valence-corrected chi connectivity index (χ4v) is 2.08. The van der Waals surface area contributed by atoms with Gasteiger partial charge in [-0.05, 0) is 25.1 Å². The van der Waals surface area contributed by atoms with Crippen LogP contribution in [0.15, 0.2) is 24.3 Å². The van der Waals surface area contributed by atoms with Crippen molar-refractivity contribution >= 4 is 42.1 Å². The van der Waals surface area contributed by atoms with E-state index in [4.69, 9.17) is 0 Å². The molecule has 1 aliphatic rings. The number of halogens is 2. The molecular formula is C13H21Cl2N3O. The zero-order valence-electron chi connectivity index (χ0n) is 11.2. The highest BCUT2D eigenvalue weighted by molar-refractivity contribution is 5.96. The molecule has 1 fully saturated rings. The predicted molar refractivity (Wildman–Crippen MR) is 84.9 cm³/mol. The number of benzene rings is 1. The number of hydrogen-bond donors (Lipinski definition) is 2. The van der Waals surface area contributed by atoms with Crippen molar-refractivity contribution in [3.8, 4) is 0 Å². The molecule has 1 saturated heterocycles. The smallest absolute Gasteiger partial charge is 0.228 e. The number of amides is 1. The van der Waals surface area contributed by atoms with Crippen molar-refractivity contribution in [3.05, 3.63) is 24.3 Å². The molecule has 0 radical (unpaired) electrons. The minimum absolute atomic E-state index is 0. The van der Waals surface area contributed by atoms with Gasteiger partial charge in [-0.2, -0.15) is 0 Å². The van der Waals surface area contributed by atoms with Crippen molar-refractivity contribution in [1.29, 1.82) is 0 Å². The lowest BCUT2D eigenvalue weighted by Crippen LogP contribution is -2.25. The Morgan fingerprint density at radius 1 is 1.32 bits per heavy atom. The van der Waals surface area contributed by atoms with Crippen LogP contribution in [-0.4, -0.2) is 33.1 Å². The summed E-state index contributed by atoms with van der Waals surface area (Å²) >= 11 is 0. The normalized spacial score (nSPS) is 17.1. The molecule has 0 aromatic heterocycles. The Morgan fingerprint density at radius 3 is 2.58 bits per heavy atom. The van der Waals surface area contributed by atoms with Gasteiger partial charge in [0, 0.05) is 20.6 Å². The Morgan fingerprint density at radius 2 is 2.00 bits per heavy atom. The third-order valence-electron chi connectivity index (χ3n) is 3.07. The summed E-state index contributed by atoms with van der Waals surface area (Å²) in [5, 5.41) is 6.22. The minimum atomic E-state index is 0. The molecule has 0 aliphatic carbocycles. The highest BCUT2D eigenvalue weighted by Gasteiger charge is 2.22. The van der Waals surface area contributed by atoms with E-state index in [2.05, 4.69) is 10.6 Å². The molecule has 2 N–H and O–H groups in total. The van der Waals surface area contributed by atoms with Crippen LogP contribution >= 0.6 is 24.8 Å². The second-order valence-electron chi connectivity index (χ2n) is 4.59. The Kier molecular flexibility index (Phi) is 7.83. The maximum atomic E-state index is 12.0. The largest absolute Gasteiger partial charge is 0.376 e. The highest BCUT2D eigenvalue weighted by atomic mass is 35.5. The maximum Gasteiger partial charge on any atom is 0.228 e. The van der Waals surface area contributed by atoms with Crippen molar-refractivity contribution in [2.45, 2.75) is 6.42 Å². The molecule has 1 heterocycles. The lowest BCUT2D eigenvalue weighted by molar-refractivity contribution is -0.119. The third-order valence-corrected chi connectivity index (χ3v) is 3.07. The van der Waals surface area contributed by atoms with Crippen LogP contribution < -0.4 is 15.5 Å². The van der Waals surface area contributed by atoms with Crippen LogP contribution in [0, 0.1) is 5.92 Å². The first kappa shape index (κ1) is 18.0. The number of nitrogens with zero attached hydrogens (tertiary/aromatic N) is 1. The van der Waals surface area contributed by atoms with Crippen LogP contribution in [-0.2, 0) is 4.79 Å². The van der Waals surface area contributed by atoms with Crippen molar-refractivity contribution in [1.82, 2.24) is 5.32 Å². The standard InChI is InChI=1S/C13H19N3O.2ClH/c1-16(2)12-6-4-3-5-11(12)15-13(17)10-7-8-14-9-10;;/h3-6,10,14H,7-9H2,1-2H3,(H,15,17);2*1H. The first-order valence-corrected chi connectivity index (χ1v) is 5.96. The zero-order chi connectivity index (χ0) is 12.3. The Labute approximate surface area is 126 Å². The molecule has 1 unspecified atom stereocenters. The second kappa shape index (κ2) is 8.25. The molecular weight excluding hydrogens is 285 g/mol. The van der Waals surface area contributed by atoms with Crippen LogP contribution in [0.25, 0.3) is 0 Å². The van der Waals surface area contributed by atoms with Gasteiger partial charge in [0.15, 0.2) is 0 Å². The van der Waals surface area contributed by atoms with Gasteiger partial charge in [-0.25, -0.2) is 0 Å². The number of carbonyl (C=O) groups is 1. The monoisotopic (exact) mass is 305 g/mol. The van der Waals surface area contributed by atoms with E-state index in [1.165, 1.54) is 0 Å². The number of hydrogen-bond acceptors (Lipinski definition) is 3. The van der Waals surface area contributed by atoms with Crippen LogP contribution in [0.3, 0.4) is 0 Å². The molecule has 108 valence electrons. The topological polar surface area (TPSA) is 44.4 Å². The highest BCUT2D eigenvalue weighted by Crippen LogP contribution is 2.24. The number of rotatable bonds is 3. The third kappa shape index (κ3) is 4.56. The van der Waals surface area contributed by atoms with E-state index in [0.29, 0.717) is 0 Å². The van der Waals surface area contributed by atoms with E-state index in [9.17, 15) is 4.79 Å². The lowest BCUT2D eigenvalue weighted by Gasteiger charge is -2.18. The van der Waals surface area contributed by atoms with Gasteiger partial charge in [0.2, 0.25) is 5.91 Å². The molecule has 0 bridgehead atoms. The van der Waals surface area contributed by atoms with Crippen LogP contribution in [0.4, 0.5) is 11.4 Å². The van der Waals surface area contributed by atoms with Crippen molar-refractivity contribution in [2.75, 3.05) is 37.4 Å². The van der Waals surface area contributed by atoms with Gasteiger partial charge in [-0.1, -0.05) is 12.1 Å². The molecule has 0 saturated carbocycles. The quantitative estimate of drug-likeness (QED) is 0.899. The summed E-state index contributed by atoms with van der Waals surface area (Å²) in [6.45, 7) is 1.73. The number of nitrogens with one attached hydrogen (secondary N) is 2. The van der Waals surface area contributed by atoms with Gasteiger partial charge in [-0.15, -0.1) is 24.8 Å². The molecule has 19 heavy (non-hydrogen) atoms. The lowest BCUT2D eigenvalue weighted by atomic mass is 10.1. The fourth-order valence-electron chi connectivity index (χ4n) is 2.08. The Hall–Kier alpha value is -0.970. The average molecular weight is 306 g/mol. The minimum Gasteiger partial charge on any atom is -0.376 e. The van der Waals surface area contributed by atoms with Crippen molar-refractivity contribution in [2.24, 2.45) is 5.92 Å². The van der Waals surface area contributed by atoms with Crippen LogP contribution in [0.5, 0.6) is 0 Å². The van der Waals surface area contributed by atoms with Gasteiger partial charge >= 0.3 is 0 Å². The summed E-state index contributed by atoms with van der Waals surface area (Å²) in [6.07, 6.45) is 0.927. The Balaban J connectivity index is 0.00000162. The number of para-hydroxylation sites is 2. The number of carbonyl (C=O) groups excluding carboxylic acids is 1. The van der Waals surface area contributed by atoms with Gasteiger partial charge in [0.05, 0.1) is 17.3 Å². The van der Waals surface area contributed by atoms with E-state index >= 15 is 0 Å². The van der Waals surface area contributed by atoms with Crippen molar-refractivity contribution in [3.63, 3.8) is 0 Å². The van der Waals surface area contributed by atoms with E-state index < -0.39 is 0 Å². The molecule has 2 rings (SSSR count). The van der Waals surface area contributed by atoms with Crippen LogP contribution in [0.1, 0.15) is 6.42 Å². The zero-order valence-corrected chi connectivity index (χ0v) is 12.8. The maximum absolute atomic E-state index is 12.0. The summed E-state index contributed by atoms with van der Waals surface area (Å²) in [7, 11) is 3.95. The number of anilines is 2. The first-order chi connectivity index (χ1) is 8.18. The fraction of sp³-hybridized carbons (Fsp3) is 0.462. The molecule has 0 spiro atoms. The predicted octanol–water partition coefficient (Wildman–Crippen LogP) is 2.14. The molecule has 1 aliphatic heterocycles. The SMILES string of the molecule is CN(C)c1ccccc1NC(=O)C1CCNC1.Cl.Cl. The van der Waals surface area contributed by atoms with Gasteiger partial charge < -0.3 is 15.5 Å². The van der Waals surface area contributed by atoms with Crippen LogP contribution in [0.2, 0.25) is 0 Å². The summed E-state index contributed by atoms with van der Waals surface area (Å²) in [6, 6.07) is 7.86. The molecule has 6 heteroatoms. The van der Waals surface area contributed by atoms with Gasteiger partial charge in [0.25, 0.3) is 0 Å². The van der Waals surface area contributed by atoms with Crippen molar-refractivity contribution < 1.29 is 4.79 Å². The summed E-state index contributed by atoms with van der Waals surface area (Å²) in [4.78, 5) is 14.0. The van der Waals surface area contributed by atoms with Gasteiger partial charge in [0.1, 0.15) is 0 Å². The first-order valence-electron chi connectivity index (χ1n) is 5.96. The summed E-state index contributed by atoms with van der Waals surface area (Å²) in [5.41, 5.74) is 1.92. The molecule has 4 nitrogen and oxygen atoms in total. The molecule has 1 aromatic rings. The van der Waals surface area contributed by atoms with Gasteiger partial charge in [-0.3, -0.25) is 4.79 Å². The van der Waals surface area contributed by atoms with E-state index in [-0.39, 0.29) is 36.6 Å². The summed E-state index contributed by atoms with van der Waals surface area (Å²) < 4.78 is 0. The van der Waals surface area contributed by atoms with E-state index in [1.807, 2.05) is 43.3 Å². The molecule has 1 amide bonds. The van der Waals surface area contributed by atoms with E-state index in [1.54, 1.807) is 0 Å². The molecule has 1 aromatic carbocycles.